The van der Waals surface area contributed by atoms with E-state index in [2.05, 4.69) is 219 Å². The van der Waals surface area contributed by atoms with Crippen LogP contribution in [0.1, 0.15) is 25.0 Å². The normalized spacial score (nSPS) is 12.6. The number of anilines is 3. The van der Waals surface area contributed by atoms with Gasteiger partial charge in [-0.25, -0.2) is 0 Å². The minimum Gasteiger partial charge on any atom is -0.310 e. The minimum atomic E-state index is -0.117. The van der Waals surface area contributed by atoms with Gasteiger partial charge in [0.15, 0.2) is 0 Å². The van der Waals surface area contributed by atoms with E-state index in [1.165, 1.54) is 66.8 Å². The molecule has 0 aliphatic heterocycles. The quantitative estimate of drug-likeness (QED) is 0.164. The summed E-state index contributed by atoms with van der Waals surface area (Å²) in [6.45, 7) is 4.71. The van der Waals surface area contributed by atoms with Gasteiger partial charge in [0, 0.05) is 22.4 Å². The Morgan fingerprint density at radius 2 is 0.865 bits per heavy atom. The van der Waals surface area contributed by atoms with E-state index in [1.54, 1.807) is 0 Å². The molecule has 1 heteroatoms. The fourth-order valence-electron chi connectivity index (χ4n) is 8.16. The van der Waals surface area contributed by atoms with Crippen molar-refractivity contribution >= 4 is 17.1 Å². The van der Waals surface area contributed by atoms with Crippen LogP contribution < -0.4 is 4.90 Å². The minimum absolute atomic E-state index is 0.117. The molecule has 1 aliphatic rings. The second-order valence-corrected chi connectivity index (χ2v) is 14.1. The van der Waals surface area contributed by atoms with E-state index >= 15 is 0 Å². The molecule has 0 aromatic heterocycles. The van der Waals surface area contributed by atoms with Crippen molar-refractivity contribution in [2.75, 3.05) is 4.90 Å². The van der Waals surface area contributed by atoms with E-state index in [4.69, 9.17) is 0 Å². The summed E-state index contributed by atoms with van der Waals surface area (Å²) in [6, 6.07) is 72.9. The van der Waals surface area contributed by atoms with Crippen molar-refractivity contribution in [2.45, 2.75) is 19.3 Å². The van der Waals surface area contributed by atoms with Gasteiger partial charge < -0.3 is 4.90 Å². The molecule has 248 valence electrons. The number of para-hydroxylation sites is 1. The topological polar surface area (TPSA) is 3.24 Å². The van der Waals surface area contributed by atoms with Crippen LogP contribution in [0.3, 0.4) is 0 Å². The molecule has 0 atom stereocenters. The predicted molar refractivity (Wildman–Crippen MR) is 220 cm³/mol. The number of fused-ring (bicyclic) bond motifs is 3. The van der Waals surface area contributed by atoms with Gasteiger partial charge in [-0.05, 0) is 97.6 Å². The highest BCUT2D eigenvalue weighted by Crippen LogP contribution is 2.52. The number of hydrogen-bond acceptors (Lipinski definition) is 1. The summed E-state index contributed by atoms with van der Waals surface area (Å²) in [7, 11) is 0. The van der Waals surface area contributed by atoms with Crippen LogP contribution >= 0.6 is 0 Å². The van der Waals surface area contributed by atoms with Crippen LogP contribution in [-0.4, -0.2) is 0 Å². The van der Waals surface area contributed by atoms with Crippen LogP contribution in [0.5, 0.6) is 0 Å². The van der Waals surface area contributed by atoms with E-state index in [0.717, 1.165) is 17.1 Å². The van der Waals surface area contributed by atoms with Crippen LogP contribution in [0.4, 0.5) is 17.1 Å². The highest BCUT2D eigenvalue weighted by Gasteiger charge is 2.36. The first-order valence-electron chi connectivity index (χ1n) is 18.1. The summed E-state index contributed by atoms with van der Waals surface area (Å²) in [5.74, 6) is 0. The fourth-order valence-corrected chi connectivity index (χ4v) is 8.16. The zero-order valence-electron chi connectivity index (χ0n) is 29.5. The standard InChI is InChI=1S/C51H39N/c1-51(2)47-30-15-14-28-44(47)45-33-32-41(35-48(45)51)52(40-24-10-5-11-25-40)49-31-17-29-46(43-27-13-12-26-42(43)37-20-8-4-9-21-37)50(49)39-23-16-22-38(34-39)36-18-6-3-7-19-36/h3-35H,1-2H3. The zero-order valence-corrected chi connectivity index (χ0v) is 29.5. The largest absolute Gasteiger partial charge is 0.310 e. The molecule has 1 aliphatic carbocycles. The molecular weight excluding hydrogens is 627 g/mol. The van der Waals surface area contributed by atoms with Crippen molar-refractivity contribution in [3.05, 3.63) is 211 Å². The predicted octanol–water partition coefficient (Wildman–Crippen LogP) is 14.1. The van der Waals surface area contributed by atoms with Gasteiger partial charge >= 0.3 is 0 Å². The summed E-state index contributed by atoms with van der Waals surface area (Å²) < 4.78 is 0. The molecule has 0 heterocycles. The Hall–Kier alpha value is -6.44. The molecule has 0 radical (unpaired) electrons. The molecule has 0 saturated carbocycles. The van der Waals surface area contributed by atoms with Crippen LogP contribution in [0.15, 0.2) is 200 Å². The summed E-state index contributed by atoms with van der Waals surface area (Å²) in [4.78, 5) is 2.46. The summed E-state index contributed by atoms with van der Waals surface area (Å²) in [5, 5.41) is 0. The van der Waals surface area contributed by atoms with Gasteiger partial charge in [-0.1, -0.05) is 178 Å². The first-order valence-corrected chi connectivity index (χ1v) is 18.1. The molecule has 0 spiro atoms. The molecule has 0 N–H and O–H groups in total. The maximum atomic E-state index is 2.46. The second kappa shape index (κ2) is 13.0. The first kappa shape index (κ1) is 31.5. The van der Waals surface area contributed by atoms with E-state index in [9.17, 15) is 0 Å². The van der Waals surface area contributed by atoms with Crippen LogP contribution in [0.25, 0.3) is 55.6 Å². The highest BCUT2D eigenvalue weighted by atomic mass is 15.1. The lowest BCUT2D eigenvalue weighted by atomic mass is 9.82. The number of nitrogens with zero attached hydrogens (tertiary/aromatic N) is 1. The average Bonchev–Trinajstić information content (AvgIpc) is 3.44. The zero-order chi connectivity index (χ0) is 35.1. The SMILES string of the molecule is CC1(C)c2ccccc2-c2ccc(N(c3ccccc3)c3cccc(-c4ccccc4-c4ccccc4)c3-c3cccc(-c4ccccc4)c3)cc21. The number of hydrogen-bond donors (Lipinski definition) is 0. The third-order valence-electron chi connectivity index (χ3n) is 10.7. The van der Waals surface area contributed by atoms with Crippen molar-refractivity contribution in [2.24, 2.45) is 0 Å². The Morgan fingerprint density at radius 1 is 0.327 bits per heavy atom. The van der Waals surface area contributed by atoms with Crippen molar-refractivity contribution in [3.63, 3.8) is 0 Å². The van der Waals surface area contributed by atoms with Crippen molar-refractivity contribution in [1.82, 2.24) is 0 Å². The molecule has 0 bridgehead atoms. The molecule has 0 unspecified atom stereocenters. The van der Waals surface area contributed by atoms with E-state index in [0.29, 0.717) is 0 Å². The van der Waals surface area contributed by atoms with Crippen LogP contribution in [0, 0.1) is 0 Å². The summed E-state index contributed by atoms with van der Waals surface area (Å²) >= 11 is 0. The molecule has 8 aromatic carbocycles. The third-order valence-corrected chi connectivity index (χ3v) is 10.7. The molecule has 0 saturated heterocycles. The van der Waals surface area contributed by atoms with Crippen molar-refractivity contribution in [3.8, 4) is 55.6 Å². The van der Waals surface area contributed by atoms with Crippen molar-refractivity contribution < 1.29 is 0 Å². The number of rotatable bonds is 7. The third kappa shape index (κ3) is 5.43. The lowest BCUT2D eigenvalue weighted by Gasteiger charge is -2.31. The molecule has 1 nitrogen and oxygen atoms in total. The van der Waals surface area contributed by atoms with Gasteiger partial charge in [0.25, 0.3) is 0 Å². The molecular formula is C51H39N. The first-order chi connectivity index (χ1) is 25.6. The average molecular weight is 666 g/mol. The monoisotopic (exact) mass is 665 g/mol. The van der Waals surface area contributed by atoms with Gasteiger partial charge in [-0.15, -0.1) is 0 Å². The molecule has 8 aromatic rings. The lowest BCUT2D eigenvalue weighted by molar-refractivity contribution is 0.660. The van der Waals surface area contributed by atoms with Gasteiger partial charge in [0.1, 0.15) is 0 Å². The smallest absolute Gasteiger partial charge is 0.0546 e. The Kier molecular flexibility index (Phi) is 7.90. The Balaban J connectivity index is 1.32. The van der Waals surface area contributed by atoms with Gasteiger partial charge in [-0.2, -0.15) is 0 Å². The summed E-state index contributed by atoms with van der Waals surface area (Å²) in [6.07, 6.45) is 0. The van der Waals surface area contributed by atoms with Crippen molar-refractivity contribution in [1.29, 1.82) is 0 Å². The van der Waals surface area contributed by atoms with Crippen LogP contribution in [-0.2, 0) is 5.41 Å². The molecule has 9 rings (SSSR count). The maximum Gasteiger partial charge on any atom is 0.0546 e. The van der Waals surface area contributed by atoms with Gasteiger partial charge in [0.2, 0.25) is 0 Å². The molecule has 0 amide bonds. The van der Waals surface area contributed by atoms with Crippen LogP contribution in [0.2, 0.25) is 0 Å². The maximum absolute atomic E-state index is 2.46. The van der Waals surface area contributed by atoms with E-state index in [1.807, 2.05) is 0 Å². The highest BCUT2D eigenvalue weighted by molar-refractivity contribution is 6.00. The van der Waals surface area contributed by atoms with Gasteiger partial charge in [-0.3, -0.25) is 0 Å². The Morgan fingerprint density at radius 3 is 1.62 bits per heavy atom. The molecule has 0 fully saturated rings. The summed E-state index contributed by atoms with van der Waals surface area (Å²) in [5.41, 5.74) is 18.2. The lowest BCUT2D eigenvalue weighted by Crippen LogP contribution is -2.17. The molecule has 52 heavy (non-hydrogen) atoms. The second-order valence-electron chi connectivity index (χ2n) is 14.1. The van der Waals surface area contributed by atoms with Gasteiger partial charge in [0.05, 0.1) is 5.69 Å². The van der Waals surface area contributed by atoms with E-state index in [-0.39, 0.29) is 5.41 Å². The van der Waals surface area contributed by atoms with E-state index < -0.39 is 0 Å². The Bertz CT molecular complexity index is 2530. The Labute approximate surface area is 307 Å². The number of benzene rings is 8. The fraction of sp³-hybridized carbons (Fsp3) is 0.0588.